The lowest BCUT2D eigenvalue weighted by molar-refractivity contribution is -0.385. The van der Waals surface area contributed by atoms with Crippen LogP contribution in [-0.2, 0) is 4.79 Å². The van der Waals surface area contributed by atoms with Crippen LogP contribution in [0.25, 0.3) is 22.7 Å². The van der Waals surface area contributed by atoms with Crippen LogP contribution in [0.1, 0.15) is 17.9 Å². The van der Waals surface area contributed by atoms with Gasteiger partial charge in [0.05, 0.1) is 15.8 Å². The van der Waals surface area contributed by atoms with Gasteiger partial charge in [-0.25, -0.2) is 4.98 Å². The fourth-order valence-electron chi connectivity index (χ4n) is 2.32. The zero-order chi connectivity index (χ0) is 18.0. The van der Waals surface area contributed by atoms with Gasteiger partial charge in [0.1, 0.15) is 5.52 Å². The molecular formula is C17H11BrN2O5. The molecule has 1 N–H and O–H groups in total. The van der Waals surface area contributed by atoms with Crippen molar-refractivity contribution in [2.75, 3.05) is 0 Å². The van der Waals surface area contributed by atoms with Gasteiger partial charge in [-0.15, -0.1) is 0 Å². The summed E-state index contributed by atoms with van der Waals surface area (Å²) in [7, 11) is 0. The minimum atomic E-state index is -1.06. The van der Waals surface area contributed by atoms with E-state index in [1.165, 1.54) is 18.2 Å². The molecule has 3 aromatic rings. The first-order valence-corrected chi connectivity index (χ1v) is 7.95. The summed E-state index contributed by atoms with van der Waals surface area (Å²) in [6, 6.07) is 11.6. The van der Waals surface area contributed by atoms with Crippen LogP contribution in [0.4, 0.5) is 5.69 Å². The lowest BCUT2D eigenvalue weighted by atomic mass is 10.1. The Morgan fingerprint density at radius 1 is 1.32 bits per heavy atom. The van der Waals surface area contributed by atoms with Gasteiger partial charge in [0.15, 0.2) is 5.58 Å². The highest BCUT2D eigenvalue weighted by Crippen LogP contribution is 2.29. The highest BCUT2D eigenvalue weighted by atomic mass is 79.9. The van der Waals surface area contributed by atoms with Crippen LogP contribution in [0.5, 0.6) is 0 Å². The fraction of sp³-hybridized carbons (Fsp3) is 0.0588. The Kier molecular flexibility index (Phi) is 4.62. The maximum atomic E-state index is 11.2. The van der Waals surface area contributed by atoms with Crippen LogP contribution in [-0.4, -0.2) is 21.0 Å². The molecule has 0 fully saturated rings. The van der Waals surface area contributed by atoms with E-state index >= 15 is 0 Å². The standard InChI is InChI=1S/C17H11BrN2O5/c18-12-6-5-10(8-14(12)20(23)24)7-11(9-16(21)22)17-19-13-3-1-2-4-15(13)25-17/h1-8H,9H2,(H,21,22)/b11-7+. The minimum Gasteiger partial charge on any atom is -0.481 e. The Balaban J connectivity index is 2.09. The number of para-hydroxylation sites is 2. The summed E-state index contributed by atoms with van der Waals surface area (Å²) in [5, 5.41) is 20.2. The molecule has 0 aliphatic rings. The molecule has 3 rings (SSSR count). The third-order valence-corrected chi connectivity index (χ3v) is 4.09. The second kappa shape index (κ2) is 6.86. The maximum Gasteiger partial charge on any atom is 0.308 e. The summed E-state index contributed by atoms with van der Waals surface area (Å²) in [6.45, 7) is 0. The first kappa shape index (κ1) is 16.8. The predicted octanol–water partition coefficient (Wildman–Crippen LogP) is 4.51. The lowest BCUT2D eigenvalue weighted by Crippen LogP contribution is -1.97. The van der Waals surface area contributed by atoms with E-state index in [9.17, 15) is 14.9 Å². The topological polar surface area (TPSA) is 106 Å². The molecule has 0 aliphatic carbocycles. The average molecular weight is 403 g/mol. The van der Waals surface area contributed by atoms with Crippen LogP contribution < -0.4 is 0 Å². The quantitative estimate of drug-likeness (QED) is 0.496. The molecule has 0 atom stereocenters. The van der Waals surface area contributed by atoms with Crippen molar-refractivity contribution in [1.82, 2.24) is 4.98 Å². The largest absolute Gasteiger partial charge is 0.481 e. The van der Waals surface area contributed by atoms with Crippen LogP contribution in [0.2, 0.25) is 0 Å². The molecule has 0 unspecified atom stereocenters. The van der Waals surface area contributed by atoms with Gasteiger partial charge in [-0.3, -0.25) is 14.9 Å². The van der Waals surface area contributed by atoms with E-state index in [0.717, 1.165) is 0 Å². The summed E-state index contributed by atoms with van der Waals surface area (Å²) in [5.41, 5.74) is 1.83. The van der Waals surface area contributed by atoms with Crippen molar-refractivity contribution in [1.29, 1.82) is 0 Å². The number of carboxylic acid groups (broad SMARTS) is 1. The molecule has 0 saturated carbocycles. The van der Waals surface area contributed by atoms with Crippen LogP contribution in [0.3, 0.4) is 0 Å². The zero-order valence-electron chi connectivity index (χ0n) is 12.7. The molecule has 0 radical (unpaired) electrons. The molecule has 0 saturated heterocycles. The van der Waals surface area contributed by atoms with Gasteiger partial charge >= 0.3 is 5.97 Å². The second-order valence-electron chi connectivity index (χ2n) is 5.19. The number of nitrogens with zero attached hydrogens (tertiary/aromatic N) is 2. The third kappa shape index (κ3) is 3.74. The molecule has 2 aromatic carbocycles. The summed E-state index contributed by atoms with van der Waals surface area (Å²) >= 11 is 3.12. The number of rotatable bonds is 5. The minimum absolute atomic E-state index is 0.110. The Labute approximate surface area is 149 Å². The number of halogens is 1. The second-order valence-corrected chi connectivity index (χ2v) is 6.05. The first-order valence-electron chi connectivity index (χ1n) is 7.16. The van der Waals surface area contributed by atoms with Gasteiger partial charge in [0.25, 0.3) is 5.69 Å². The molecule has 25 heavy (non-hydrogen) atoms. The SMILES string of the molecule is O=C(O)C/C(=C\c1ccc(Br)c([N+](=O)[O-])c1)c1nc2ccccc2o1. The number of nitro groups is 1. The van der Waals surface area contributed by atoms with E-state index in [1.54, 1.807) is 30.3 Å². The molecule has 0 amide bonds. The van der Waals surface area contributed by atoms with Crippen molar-refractivity contribution in [2.24, 2.45) is 0 Å². The molecule has 8 heteroatoms. The summed E-state index contributed by atoms with van der Waals surface area (Å²) in [4.78, 5) is 26.0. The van der Waals surface area contributed by atoms with Gasteiger partial charge in [0.2, 0.25) is 5.89 Å². The van der Waals surface area contributed by atoms with Crippen molar-refractivity contribution >= 4 is 50.3 Å². The van der Waals surface area contributed by atoms with Gasteiger partial charge in [-0.2, -0.15) is 0 Å². The average Bonchev–Trinajstić information content (AvgIpc) is 2.99. The maximum absolute atomic E-state index is 11.2. The van der Waals surface area contributed by atoms with Crippen molar-refractivity contribution in [3.63, 3.8) is 0 Å². The highest BCUT2D eigenvalue weighted by molar-refractivity contribution is 9.10. The van der Waals surface area contributed by atoms with E-state index in [0.29, 0.717) is 26.7 Å². The number of hydrogen-bond acceptors (Lipinski definition) is 5. The molecule has 126 valence electrons. The molecule has 0 bridgehead atoms. The number of aromatic nitrogens is 1. The van der Waals surface area contributed by atoms with Gasteiger partial charge < -0.3 is 9.52 Å². The molecule has 1 heterocycles. The number of fused-ring (bicyclic) bond motifs is 1. The Bertz CT molecular complexity index is 976. The van der Waals surface area contributed by atoms with Crippen LogP contribution in [0, 0.1) is 10.1 Å². The van der Waals surface area contributed by atoms with Gasteiger partial charge in [-0.1, -0.05) is 18.2 Å². The number of aliphatic carboxylic acids is 1. The van der Waals surface area contributed by atoms with E-state index in [4.69, 9.17) is 9.52 Å². The Morgan fingerprint density at radius 2 is 2.08 bits per heavy atom. The number of hydrogen-bond donors (Lipinski definition) is 1. The van der Waals surface area contributed by atoms with E-state index in [-0.39, 0.29) is 18.0 Å². The van der Waals surface area contributed by atoms with Gasteiger partial charge in [-0.05, 0) is 45.8 Å². The first-order chi connectivity index (χ1) is 11.9. The monoisotopic (exact) mass is 402 g/mol. The Hall–Kier alpha value is -3.00. The molecule has 0 spiro atoms. The fourth-order valence-corrected chi connectivity index (χ4v) is 2.71. The molecule has 1 aromatic heterocycles. The predicted molar refractivity (Wildman–Crippen MR) is 94.9 cm³/mol. The van der Waals surface area contributed by atoms with Gasteiger partial charge in [0, 0.05) is 11.6 Å². The highest BCUT2D eigenvalue weighted by Gasteiger charge is 2.16. The number of carboxylic acids is 1. The lowest BCUT2D eigenvalue weighted by Gasteiger charge is -2.02. The Morgan fingerprint density at radius 3 is 2.76 bits per heavy atom. The van der Waals surface area contributed by atoms with E-state index < -0.39 is 10.9 Å². The van der Waals surface area contributed by atoms with Crippen LogP contribution >= 0.6 is 15.9 Å². The van der Waals surface area contributed by atoms with Crippen molar-refractivity contribution < 1.29 is 19.2 Å². The number of carbonyl (C=O) groups is 1. The normalized spacial score (nSPS) is 11.6. The molecule has 7 nitrogen and oxygen atoms in total. The molecular weight excluding hydrogens is 392 g/mol. The van der Waals surface area contributed by atoms with Crippen molar-refractivity contribution in [2.45, 2.75) is 6.42 Å². The van der Waals surface area contributed by atoms with Crippen LogP contribution in [0.15, 0.2) is 51.4 Å². The number of nitro benzene ring substituents is 1. The van der Waals surface area contributed by atoms with E-state index in [1.807, 2.05) is 0 Å². The summed E-state index contributed by atoms with van der Waals surface area (Å²) in [5.74, 6) is -0.880. The zero-order valence-corrected chi connectivity index (χ0v) is 14.3. The number of oxazole rings is 1. The van der Waals surface area contributed by atoms with Crippen molar-refractivity contribution in [3.05, 3.63) is 68.5 Å². The molecule has 0 aliphatic heterocycles. The van der Waals surface area contributed by atoms with Crippen molar-refractivity contribution in [3.8, 4) is 0 Å². The third-order valence-electron chi connectivity index (χ3n) is 3.42. The smallest absolute Gasteiger partial charge is 0.308 e. The summed E-state index contributed by atoms with van der Waals surface area (Å²) in [6.07, 6.45) is 1.20. The summed E-state index contributed by atoms with van der Waals surface area (Å²) < 4.78 is 5.96. The van der Waals surface area contributed by atoms with E-state index in [2.05, 4.69) is 20.9 Å². The number of benzene rings is 2.